The van der Waals surface area contributed by atoms with Gasteiger partial charge in [-0.3, -0.25) is 4.79 Å². The molecule has 1 aromatic heterocycles. The van der Waals surface area contributed by atoms with Crippen molar-refractivity contribution < 1.29 is 19.0 Å². The van der Waals surface area contributed by atoms with Gasteiger partial charge in [-0.2, -0.15) is 0 Å². The average Bonchev–Trinajstić information content (AvgIpc) is 3.20. The SMILES string of the molecule is CCn1c(COc2cc(C)ccc2C)nnc1SCC(=O)Nc1ccc(OC)cc1OC. The summed E-state index contributed by atoms with van der Waals surface area (Å²) in [6, 6.07) is 11.3. The molecule has 0 unspecified atom stereocenters. The number of thioether (sulfide) groups is 1. The van der Waals surface area contributed by atoms with Crippen LogP contribution in [0.5, 0.6) is 17.2 Å². The zero-order valence-electron chi connectivity index (χ0n) is 19.0. The zero-order valence-corrected chi connectivity index (χ0v) is 19.8. The number of carbonyl (C=O) groups is 1. The molecule has 3 rings (SSSR count). The highest BCUT2D eigenvalue weighted by atomic mass is 32.2. The van der Waals surface area contributed by atoms with E-state index < -0.39 is 0 Å². The van der Waals surface area contributed by atoms with Gasteiger partial charge in [0.25, 0.3) is 0 Å². The minimum absolute atomic E-state index is 0.169. The normalized spacial score (nSPS) is 10.7. The van der Waals surface area contributed by atoms with Crippen molar-refractivity contribution in [1.29, 1.82) is 0 Å². The Morgan fingerprint density at radius 1 is 1.06 bits per heavy atom. The molecule has 9 heteroatoms. The topological polar surface area (TPSA) is 87.5 Å². The van der Waals surface area contributed by atoms with Crippen LogP contribution in [-0.2, 0) is 17.9 Å². The Hall–Kier alpha value is -3.20. The summed E-state index contributed by atoms with van der Waals surface area (Å²) in [5, 5.41) is 12.0. The fourth-order valence-electron chi connectivity index (χ4n) is 3.07. The highest BCUT2D eigenvalue weighted by Crippen LogP contribution is 2.29. The monoisotopic (exact) mass is 456 g/mol. The second kappa shape index (κ2) is 10.9. The zero-order chi connectivity index (χ0) is 23.1. The summed E-state index contributed by atoms with van der Waals surface area (Å²) in [6.45, 7) is 7.03. The van der Waals surface area contributed by atoms with Crippen molar-refractivity contribution in [2.75, 3.05) is 25.3 Å². The quantitative estimate of drug-likeness (QED) is 0.457. The van der Waals surface area contributed by atoms with Crippen LogP contribution in [0.2, 0.25) is 0 Å². The molecule has 0 fully saturated rings. The van der Waals surface area contributed by atoms with Crippen molar-refractivity contribution in [3.63, 3.8) is 0 Å². The molecule has 1 heterocycles. The van der Waals surface area contributed by atoms with Gasteiger partial charge >= 0.3 is 0 Å². The fraction of sp³-hybridized carbons (Fsp3) is 0.348. The summed E-state index contributed by atoms with van der Waals surface area (Å²) < 4.78 is 18.4. The summed E-state index contributed by atoms with van der Waals surface area (Å²) in [6.07, 6.45) is 0. The lowest BCUT2D eigenvalue weighted by atomic mass is 10.1. The van der Waals surface area contributed by atoms with Gasteiger partial charge in [0, 0.05) is 12.6 Å². The lowest BCUT2D eigenvalue weighted by molar-refractivity contribution is -0.113. The number of rotatable bonds is 10. The standard InChI is InChI=1S/C23H28N4O4S/c1-6-27-21(13-31-19-11-15(2)7-8-16(19)3)25-26-23(27)32-14-22(28)24-18-10-9-17(29-4)12-20(18)30-5/h7-12H,6,13-14H2,1-5H3,(H,24,28). The van der Waals surface area contributed by atoms with Crippen LogP contribution in [0.1, 0.15) is 23.9 Å². The molecule has 0 spiro atoms. The number of hydrogen-bond acceptors (Lipinski definition) is 7. The van der Waals surface area contributed by atoms with Crippen LogP contribution in [0.15, 0.2) is 41.6 Å². The molecule has 1 N–H and O–H groups in total. The number of amides is 1. The number of ether oxygens (including phenoxy) is 3. The van der Waals surface area contributed by atoms with E-state index in [0.29, 0.717) is 41.3 Å². The first-order chi connectivity index (χ1) is 15.4. The predicted molar refractivity (Wildman–Crippen MR) is 125 cm³/mol. The van der Waals surface area contributed by atoms with Crippen molar-refractivity contribution in [3.05, 3.63) is 53.3 Å². The van der Waals surface area contributed by atoms with E-state index in [0.717, 1.165) is 16.9 Å². The first-order valence-electron chi connectivity index (χ1n) is 10.2. The average molecular weight is 457 g/mol. The lowest BCUT2D eigenvalue weighted by Gasteiger charge is -2.12. The summed E-state index contributed by atoms with van der Waals surface area (Å²) >= 11 is 1.32. The maximum Gasteiger partial charge on any atom is 0.234 e. The van der Waals surface area contributed by atoms with Crippen LogP contribution in [0.25, 0.3) is 0 Å². The van der Waals surface area contributed by atoms with Gasteiger partial charge in [0.2, 0.25) is 5.91 Å². The molecule has 170 valence electrons. The lowest BCUT2D eigenvalue weighted by Crippen LogP contribution is -2.15. The predicted octanol–water partition coefficient (Wildman–Crippen LogP) is 4.24. The van der Waals surface area contributed by atoms with Crippen molar-refractivity contribution in [3.8, 4) is 17.2 Å². The molecule has 2 aromatic carbocycles. The number of hydrogen-bond donors (Lipinski definition) is 1. The summed E-state index contributed by atoms with van der Waals surface area (Å²) in [7, 11) is 3.12. The van der Waals surface area contributed by atoms with Gasteiger partial charge in [0.05, 0.1) is 25.7 Å². The Morgan fingerprint density at radius 3 is 2.59 bits per heavy atom. The number of nitrogens with zero attached hydrogens (tertiary/aromatic N) is 3. The van der Waals surface area contributed by atoms with Crippen molar-refractivity contribution in [1.82, 2.24) is 14.8 Å². The van der Waals surface area contributed by atoms with Gasteiger partial charge < -0.3 is 24.1 Å². The number of aromatic nitrogens is 3. The van der Waals surface area contributed by atoms with Crippen LogP contribution in [0.3, 0.4) is 0 Å². The van der Waals surface area contributed by atoms with Crippen LogP contribution >= 0.6 is 11.8 Å². The van der Waals surface area contributed by atoms with Gasteiger partial charge in [0.15, 0.2) is 11.0 Å². The number of methoxy groups -OCH3 is 2. The first kappa shape index (κ1) is 23.5. The largest absolute Gasteiger partial charge is 0.497 e. The van der Waals surface area contributed by atoms with Gasteiger partial charge in [-0.05, 0) is 50.1 Å². The third-order valence-corrected chi connectivity index (χ3v) is 5.79. The number of aryl methyl sites for hydroxylation is 2. The highest BCUT2D eigenvalue weighted by Gasteiger charge is 2.15. The van der Waals surface area contributed by atoms with Crippen LogP contribution in [0, 0.1) is 13.8 Å². The van der Waals surface area contributed by atoms with Gasteiger partial charge in [-0.1, -0.05) is 23.9 Å². The maximum absolute atomic E-state index is 12.5. The summed E-state index contributed by atoms with van der Waals surface area (Å²) in [5.74, 6) is 2.75. The van der Waals surface area contributed by atoms with Crippen molar-refractivity contribution in [2.45, 2.75) is 39.1 Å². The molecule has 1 amide bonds. The Kier molecular flexibility index (Phi) is 7.99. The third kappa shape index (κ3) is 5.73. The molecule has 0 aliphatic rings. The smallest absolute Gasteiger partial charge is 0.234 e. The second-order valence-corrected chi connectivity index (χ2v) is 8.05. The van der Waals surface area contributed by atoms with Crippen LogP contribution < -0.4 is 19.5 Å². The van der Waals surface area contributed by atoms with Gasteiger partial charge in [0.1, 0.15) is 23.9 Å². The third-order valence-electron chi connectivity index (χ3n) is 4.83. The second-order valence-electron chi connectivity index (χ2n) is 7.10. The molecule has 0 radical (unpaired) electrons. The van der Waals surface area contributed by atoms with Crippen molar-refractivity contribution >= 4 is 23.4 Å². The van der Waals surface area contributed by atoms with E-state index in [1.54, 1.807) is 32.4 Å². The summed E-state index contributed by atoms with van der Waals surface area (Å²) in [5.41, 5.74) is 2.79. The van der Waals surface area contributed by atoms with Crippen LogP contribution in [0.4, 0.5) is 5.69 Å². The molecule has 0 aliphatic heterocycles. The number of benzene rings is 2. The highest BCUT2D eigenvalue weighted by molar-refractivity contribution is 7.99. The van der Waals surface area contributed by atoms with E-state index in [2.05, 4.69) is 21.6 Å². The maximum atomic E-state index is 12.5. The molecule has 3 aromatic rings. The van der Waals surface area contributed by atoms with Crippen molar-refractivity contribution in [2.24, 2.45) is 0 Å². The molecule has 8 nitrogen and oxygen atoms in total. The molecular weight excluding hydrogens is 428 g/mol. The van der Waals surface area contributed by atoms with E-state index in [-0.39, 0.29) is 11.7 Å². The van der Waals surface area contributed by atoms with E-state index in [1.165, 1.54) is 11.8 Å². The van der Waals surface area contributed by atoms with Gasteiger partial charge in [-0.25, -0.2) is 0 Å². The Labute approximate surface area is 192 Å². The molecular formula is C23H28N4O4S. The van der Waals surface area contributed by atoms with E-state index in [1.807, 2.05) is 37.5 Å². The van der Waals surface area contributed by atoms with Gasteiger partial charge in [-0.15, -0.1) is 10.2 Å². The molecule has 0 bridgehead atoms. The van der Waals surface area contributed by atoms with E-state index in [9.17, 15) is 4.79 Å². The molecule has 0 saturated heterocycles. The number of anilines is 1. The Balaban J connectivity index is 1.61. The Bertz CT molecular complexity index is 1080. The summed E-state index contributed by atoms with van der Waals surface area (Å²) in [4.78, 5) is 12.5. The van der Waals surface area contributed by atoms with E-state index >= 15 is 0 Å². The molecule has 0 saturated carbocycles. The van der Waals surface area contributed by atoms with Crippen LogP contribution in [-0.4, -0.2) is 40.6 Å². The minimum Gasteiger partial charge on any atom is -0.497 e. The van der Waals surface area contributed by atoms with E-state index in [4.69, 9.17) is 14.2 Å². The fourth-order valence-corrected chi connectivity index (χ4v) is 3.89. The molecule has 0 atom stereocenters. The molecule has 0 aliphatic carbocycles. The number of carbonyl (C=O) groups excluding carboxylic acids is 1. The number of nitrogens with one attached hydrogen (secondary N) is 1. The molecule has 32 heavy (non-hydrogen) atoms. The first-order valence-corrected chi connectivity index (χ1v) is 11.2. The minimum atomic E-state index is -0.169. The Morgan fingerprint density at radius 2 is 1.88 bits per heavy atom.